The first-order valence-electron chi connectivity index (χ1n) is 8.31. The van der Waals surface area contributed by atoms with Crippen LogP contribution in [0.25, 0.3) is 22.3 Å². The van der Waals surface area contributed by atoms with Gasteiger partial charge in [-0.25, -0.2) is 0 Å². The quantitative estimate of drug-likeness (QED) is 0.381. The summed E-state index contributed by atoms with van der Waals surface area (Å²) in [5.74, 6) is 0. The zero-order valence-corrected chi connectivity index (χ0v) is 16.0. The molecular formula is C24H21BrO. The summed E-state index contributed by atoms with van der Waals surface area (Å²) < 4.78 is 6.81. The van der Waals surface area contributed by atoms with Gasteiger partial charge in [0.05, 0.1) is 16.3 Å². The average Bonchev–Trinajstić information content (AvgIpc) is 2.78. The highest BCUT2D eigenvalue weighted by molar-refractivity contribution is 9.05. The normalized spacial score (nSPS) is 9.15. The van der Waals surface area contributed by atoms with Crippen LogP contribution in [0, 0.1) is 0 Å². The van der Waals surface area contributed by atoms with E-state index in [9.17, 15) is 0 Å². The maximum absolute atomic E-state index is 6.81. The Kier molecular flexibility index (Phi) is 8.92. The van der Waals surface area contributed by atoms with Crippen molar-refractivity contribution < 1.29 is 4.20 Å². The molecule has 0 aliphatic rings. The molecule has 0 unspecified atom stereocenters. The molecular weight excluding hydrogens is 384 g/mol. The minimum Gasteiger partial charge on any atom is -0.324 e. The van der Waals surface area contributed by atoms with Crippen LogP contribution in [-0.2, 0) is 0 Å². The summed E-state index contributed by atoms with van der Waals surface area (Å²) in [6, 6.07) is 41.6. The van der Waals surface area contributed by atoms with Gasteiger partial charge in [0, 0.05) is 0 Å². The molecule has 0 bridgehead atoms. The Balaban J connectivity index is 0.000000171. The van der Waals surface area contributed by atoms with Crippen LogP contribution in [-0.4, -0.2) is 4.20 Å². The number of rotatable bonds is 2. The van der Waals surface area contributed by atoms with Crippen LogP contribution in [0.2, 0.25) is 0 Å². The van der Waals surface area contributed by atoms with Crippen molar-refractivity contribution in [2.75, 3.05) is 0 Å². The summed E-state index contributed by atoms with van der Waals surface area (Å²) in [7, 11) is 0. The molecule has 0 atom stereocenters. The fraction of sp³-hybridized carbons (Fsp3) is 0. The Hall–Kier alpha value is -2.68. The van der Waals surface area contributed by atoms with Gasteiger partial charge in [0.1, 0.15) is 0 Å². The zero-order chi connectivity index (χ0) is 18.5. The Morgan fingerprint density at radius 2 is 0.462 bits per heavy atom. The van der Waals surface area contributed by atoms with Crippen LogP contribution in [0.5, 0.6) is 0 Å². The average molecular weight is 405 g/mol. The molecule has 4 aromatic rings. The van der Waals surface area contributed by atoms with Gasteiger partial charge in [0.2, 0.25) is 0 Å². The summed E-state index contributed by atoms with van der Waals surface area (Å²) >= 11 is 1.94. The predicted octanol–water partition coefficient (Wildman–Crippen LogP) is 7.00. The van der Waals surface area contributed by atoms with E-state index in [1.807, 2.05) is 40.5 Å². The van der Waals surface area contributed by atoms with Crippen LogP contribution in [0.1, 0.15) is 0 Å². The van der Waals surface area contributed by atoms with Gasteiger partial charge in [0.25, 0.3) is 0 Å². The van der Waals surface area contributed by atoms with Gasteiger partial charge in [-0.15, -0.1) is 0 Å². The molecule has 0 aromatic heterocycles. The first-order chi connectivity index (χ1) is 12.9. The van der Waals surface area contributed by atoms with Crippen molar-refractivity contribution in [3.63, 3.8) is 0 Å². The monoisotopic (exact) mass is 404 g/mol. The number of halogens is 1. The van der Waals surface area contributed by atoms with E-state index < -0.39 is 0 Å². The molecule has 0 saturated heterocycles. The number of hydrogen-bond acceptors (Lipinski definition) is 1. The highest BCUT2D eigenvalue weighted by Crippen LogP contribution is 2.18. The first-order valence-corrected chi connectivity index (χ1v) is 9.02. The number of benzene rings is 4. The second-order valence-electron chi connectivity index (χ2n) is 5.46. The van der Waals surface area contributed by atoms with Crippen molar-refractivity contribution in [3.05, 3.63) is 121 Å². The smallest absolute Gasteiger partial charge is 0.0957 e. The molecule has 0 aliphatic heterocycles. The van der Waals surface area contributed by atoms with Gasteiger partial charge >= 0.3 is 0 Å². The molecule has 0 saturated carbocycles. The Morgan fingerprint density at radius 3 is 0.615 bits per heavy atom. The van der Waals surface area contributed by atoms with E-state index >= 15 is 0 Å². The molecule has 1 nitrogen and oxygen atoms in total. The van der Waals surface area contributed by atoms with Crippen molar-refractivity contribution in [3.8, 4) is 22.3 Å². The standard InChI is InChI=1S/2C12H10.BrHO/c2*1-3-7-11(8-4-1)12-9-5-2-6-10-12;1-2/h2*1-10H;2H. The summed E-state index contributed by atoms with van der Waals surface area (Å²) in [4.78, 5) is 0. The van der Waals surface area contributed by atoms with E-state index in [0.29, 0.717) is 0 Å². The zero-order valence-electron chi connectivity index (χ0n) is 14.4. The highest BCUT2D eigenvalue weighted by Gasteiger charge is 1.92. The minimum atomic E-state index is 1.28. The third-order valence-corrected chi connectivity index (χ3v) is 3.76. The third kappa shape index (κ3) is 6.32. The van der Waals surface area contributed by atoms with E-state index in [2.05, 4.69) is 97.1 Å². The molecule has 0 fully saturated rings. The van der Waals surface area contributed by atoms with Crippen LogP contribution < -0.4 is 0 Å². The third-order valence-electron chi connectivity index (χ3n) is 3.76. The number of hydrogen-bond donors (Lipinski definition) is 1. The van der Waals surface area contributed by atoms with Crippen LogP contribution in [0.4, 0.5) is 0 Å². The van der Waals surface area contributed by atoms with Gasteiger partial charge in [-0.2, -0.15) is 0 Å². The van der Waals surface area contributed by atoms with E-state index in [-0.39, 0.29) is 0 Å². The Bertz CT molecular complexity index is 682. The molecule has 0 heterocycles. The van der Waals surface area contributed by atoms with Gasteiger partial charge in [-0.05, 0) is 22.3 Å². The molecule has 0 amide bonds. The van der Waals surface area contributed by atoms with Crippen molar-refractivity contribution in [1.29, 1.82) is 0 Å². The molecule has 26 heavy (non-hydrogen) atoms. The second kappa shape index (κ2) is 11.8. The fourth-order valence-corrected chi connectivity index (χ4v) is 2.52. The minimum absolute atomic E-state index is 1.28. The van der Waals surface area contributed by atoms with Gasteiger partial charge < -0.3 is 4.20 Å². The van der Waals surface area contributed by atoms with Crippen molar-refractivity contribution in [2.24, 2.45) is 0 Å². The maximum atomic E-state index is 6.81. The van der Waals surface area contributed by atoms with Gasteiger partial charge in [-0.3, -0.25) is 0 Å². The van der Waals surface area contributed by atoms with E-state index in [1.165, 1.54) is 22.3 Å². The Labute approximate surface area is 164 Å². The molecule has 2 heteroatoms. The highest BCUT2D eigenvalue weighted by atomic mass is 79.9. The SMILES string of the molecule is OBr.c1ccc(-c2ccccc2)cc1.c1ccc(-c2ccccc2)cc1. The molecule has 4 rings (SSSR count). The van der Waals surface area contributed by atoms with Crippen LogP contribution in [0.15, 0.2) is 121 Å². The largest absolute Gasteiger partial charge is 0.324 e. The van der Waals surface area contributed by atoms with Crippen LogP contribution >= 0.6 is 16.3 Å². The summed E-state index contributed by atoms with van der Waals surface area (Å²) in [5.41, 5.74) is 5.10. The molecule has 0 aliphatic carbocycles. The Morgan fingerprint density at radius 1 is 0.308 bits per heavy atom. The predicted molar refractivity (Wildman–Crippen MR) is 115 cm³/mol. The van der Waals surface area contributed by atoms with E-state index in [1.54, 1.807) is 0 Å². The molecule has 4 aromatic carbocycles. The van der Waals surface area contributed by atoms with Crippen molar-refractivity contribution in [1.82, 2.24) is 0 Å². The van der Waals surface area contributed by atoms with Crippen molar-refractivity contribution >= 4 is 16.3 Å². The molecule has 0 spiro atoms. The summed E-state index contributed by atoms with van der Waals surface area (Å²) in [6.45, 7) is 0. The van der Waals surface area contributed by atoms with Gasteiger partial charge in [-0.1, -0.05) is 121 Å². The lowest BCUT2D eigenvalue weighted by atomic mass is 10.1. The molecule has 130 valence electrons. The van der Waals surface area contributed by atoms with E-state index in [0.717, 1.165) is 0 Å². The lowest BCUT2D eigenvalue weighted by molar-refractivity contribution is 0.702. The summed E-state index contributed by atoms with van der Waals surface area (Å²) in [6.07, 6.45) is 0. The lowest BCUT2D eigenvalue weighted by Gasteiger charge is -1.98. The fourth-order valence-electron chi connectivity index (χ4n) is 2.52. The second-order valence-corrected chi connectivity index (χ2v) is 5.46. The summed E-state index contributed by atoms with van der Waals surface area (Å²) in [5, 5.41) is 0. The lowest BCUT2D eigenvalue weighted by Crippen LogP contribution is -1.73. The van der Waals surface area contributed by atoms with Crippen molar-refractivity contribution in [2.45, 2.75) is 0 Å². The first kappa shape index (κ1) is 19.6. The molecule has 0 radical (unpaired) electrons. The maximum Gasteiger partial charge on any atom is 0.0957 e. The molecule has 1 N–H and O–H groups in total. The topological polar surface area (TPSA) is 20.2 Å². The van der Waals surface area contributed by atoms with Gasteiger partial charge in [0.15, 0.2) is 0 Å². The van der Waals surface area contributed by atoms with E-state index in [4.69, 9.17) is 4.20 Å². The van der Waals surface area contributed by atoms with Crippen LogP contribution in [0.3, 0.4) is 0 Å².